The molecule has 0 radical (unpaired) electrons. The van der Waals surface area contributed by atoms with Gasteiger partial charge in [0, 0.05) is 17.0 Å². The highest BCUT2D eigenvalue weighted by molar-refractivity contribution is 6.12. The standard InChI is InChI=1S/C19H12FN3O2/c20-14-8-4-6-12-17(14)23-16-11(18(12)24)5-3-7-13(16)19(25)22-15-9-1-2-10-21-15/h1-10H,(H,23,24)(H,21,22,25). The molecule has 6 heteroatoms. The van der Waals surface area contributed by atoms with Crippen molar-refractivity contribution in [1.29, 1.82) is 0 Å². The van der Waals surface area contributed by atoms with E-state index in [0.717, 1.165) is 0 Å². The summed E-state index contributed by atoms with van der Waals surface area (Å²) in [5.41, 5.74) is 0.290. The Morgan fingerprint density at radius 2 is 1.72 bits per heavy atom. The van der Waals surface area contributed by atoms with Crippen molar-refractivity contribution in [3.63, 3.8) is 0 Å². The fraction of sp³-hybridized carbons (Fsp3) is 0. The number of fused-ring (bicyclic) bond motifs is 2. The molecule has 0 aliphatic heterocycles. The average Bonchev–Trinajstić information content (AvgIpc) is 2.63. The first kappa shape index (κ1) is 15.0. The Kier molecular flexibility index (Phi) is 3.50. The van der Waals surface area contributed by atoms with Crippen molar-refractivity contribution in [3.8, 4) is 0 Å². The zero-order valence-corrected chi connectivity index (χ0v) is 12.9. The van der Waals surface area contributed by atoms with Gasteiger partial charge in [0.2, 0.25) is 0 Å². The predicted molar refractivity (Wildman–Crippen MR) is 94.2 cm³/mol. The second kappa shape index (κ2) is 5.83. The van der Waals surface area contributed by atoms with Crippen molar-refractivity contribution < 1.29 is 9.18 Å². The first-order valence-corrected chi connectivity index (χ1v) is 7.61. The molecule has 2 heterocycles. The van der Waals surface area contributed by atoms with Crippen molar-refractivity contribution >= 4 is 33.5 Å². The summed E-state index contributed by atoms with van der Waals surface area (Å²) in [6.07, 6.45) is 1.56. The van der Waals surface area contributed by atoms with Gasteiger partial charge in [0.05, 0.1) is 16.6 Å². The molecule has 0 bridgehead atoms. The van der Waals surface area contributed by atoms with Gasteiger partial charge in [-0.05, 0) is 36.4 Å². The van der Waals surface area contributed by atoms with E-state index in [9.17, 15) is 14.0 Å². The number of carbonyl (C=O) groups is 1. The number of carbonyl (C=O) groups excluding carboxylic acids is 1. The summed E-state index contributed by atoms with van der Waals surface area (Å²) >= 11 is 0. The minimum Gasteiger partial charge on any atom is -0.351 e. The molecule has 0 unspecified atom stereocenters. The fourth-order valence-corrected chi connectivity index (χ4v) is 2.80. The van der Waals surface area contributed by atoms with Crippen LogP contribution >= 0.6 is 0 Å². The van der Waals surface area contributed by atoms with E-state index in [0.29, 0.717) is 16.7 Å². The Morgan fingerprint density at radius 1 is 0.960 bits per heavy atom. The van der Waals surface area contributed by atoms with Gasteiger partial charge in [0.25, 0.3) is 5.91 Å². The minimum absolute atomic E-state index is 0.0816. The van der Waals surface area contributed by atoms with Crippen LogP contribution in [0.1, 0.15) is 10.4 Å². The number of para-hydroxylation sites is 2. The molecule has 0 saturated heterocycles. The monoisotopic (exact) mass is 333 g/mol. The quantitative estimate of drug-likeness (QED) is 0.552. The molecule has 2 aromatic carbocycles. The summed E-state index contributed by atoms with van der Waals surface area (Å²) < 4.78 is 14.1. The fourth-order valence-electron chi connectivity index (χ4n) is 2.80. The number of nitrogens with zero attached hydrogens (tertiary/aromatic N) is 1. The molecule has 0 aliphatic carbocycles. The van der Waals surface area contributed by atoms with Crippen LogP contribution in [-0.4, -0.2) is 15.9 Å². The largest absolute Gasteiger partial charge is 0.351 e. The molecular weight excluding hydrogens is 321 g/mol. The molecule has 0 spiro atoms. The van der Waals surface area contributed by atoms with Gasteiger partial charge in [0.1, 0.15) is 11.6 Å². The normalized spacial score (nSPS) is 10.9. The highest BCUT2D eigenvalue weighted by Gasteiger charge is 2.15. The molecule has 2 N–H and O–H groups in total. The van der Waals surface area contributed by atoms with Crippen LogP contribution in [0.4, 0.5) is 10.2 Å². The van der Waals surface area contributed by atoms with E-state index in [-0.39, 0.29) is 21.9 Å². The Balaban J connectivity index is 1.93. The van der Waals surface area contributed by atoms with E-state index in [1.165, 1.54) is 12.1 Å². The number of H-pyrrole nitrogens is 1. The number of nitrogens with one attached hydrogen (secondary N) is 2. The van der Waals surface area contributed by atoms with E-state index in [1.54, 1.807) is 48.7 Å². The summed E-state index contributed by atoms with van der Waals surface area (Å²) in [6.45, 7) is 0. The summed E-state index contributed by atoms with van der Waals surface area (Å²) in [4.78, 5) is 32.2. The molecule has 2 aromatic heterocycles. The molecular formula is C19H12FN3O2. The number of benzene rings is 2. The lowest BCUT2D eigenvalue weighted by atomic mass is 10.1. The van der Waals surface area contributed by atoms with Crippen LogP contribution < -0.4 is 10.7 Å². The molecule has 122 valence electrons. The van der Waals surface area contributed by atoms with Gasteiger partial charge in [-0.1, -0.05) is 18.2 Å². The van der Waals surface area contributed by atoms with Crippen LogP contribution in [0.3, 0.4) is 0 Å². The Morgan fingerprint density at radius 3 is 2.48 bits per heavy atom. The van der Waals surface area contributed by atoms with Gasteiger partial charge in [0.15, 0.2) is 5.43 Å². The predicted octanol–water partition coefficient (Wildman–Crippen LogP) is 3.47. The number of hydrogen-bond donors (Lipinski definition) is 2. The maximum Gasteiger partial charge on any atom is 0.258 e. The van der Waals surface area contributed by atoms with Crippen LogP contribution in [-0.2, 0) is 0 Å². The number of aromatic nitrogens is 2. The van der Waals surface area contributed by atoms with Crippen LogP contribution in [0.15, 0.2) is 65.6 Å². The van der Waals surface area contributed by atoms with Gasteiger partial charge in [-0.15, -0.1) is 0 Å². The van der Waals surface area contributed by atoms with Crippen LogP contribution in [0, 0.1) is 5.82 Å². The second-order valence-corrected chi connectivity index (χ2v) is 5.51. The third kappa shape index (κ3) is 2.53. The van der Waals surface area contributed by atoms with Gasteiger partial charge in [-0.2, -0.15) is 0 Å². The lowest BCUT2D eigenvalue weighted by Gasteiger charge is -2.09. The highest BCUT2D eigenvalue weighted by Crippen LogP contribution is 2.20. The van der Waals surface area contributed by atoms with E-state index < -0.39 is 11.7 Å². The summed E-state index contributed by atoms with van der Waals surface area (Å²) in [5, 5.41) is 3.24. The minimum atomic E-state index is -0.545. The average molecular weight is 333 g/mol. The molecule has 25 heavy (non-hydrogen) atoms. The van der Waals surface area contributed by atoms with Gasteiger partial charge in [-0.3, -0.25) is 9.59 Å². The lowest BCUT2D eigenvalue weighted by molar-refractivity contribution is 0.102. The van der Waals surface area contributed by atoms with Crippen LogP contribution in [0.5, 0.6) is 0 Å². The number of amides is 1. The zero-order valence-electron chi connectivity index (χ0n) is 12.9. The third-order valence-electron chi connectivity index (χ3n) is 3.97. The van der Waals surface area contributed by atoms with Gasteiger partial charge < -0.3 is 10.3 Å². The molecule has 4 aromatic rings. The highest BCUT2D eigenvalue weighted by atomic mass is 19.1. The zero-order chi connectivity index (χ0) is 17.4. The number of halogens is 1. The topological polar surface area (TPSA) is 74.8 Å². The smallest absolute Gasteiger partial charge is 0.258 e. The first-order valence-electron chi connectivity index (χ1n) is 7.61. The van der Waals surface area contributed by atoms with Crippen LogP contribution in [0.2, 0.25) is 0 Å². The van der Waals surface area contributed by atoms with E-state index in [4.69, 9.17) is 0 Å². The van der Waals surface area contributed by atoms with Crippen molar-refractivity contribution in [3.05, 3.63) is 82.4 Å². The van der Waals surface area contributed by atoms with Gasteiger partial charge >= 0.3 is 0 Å². The molecule has 4 rings (SSSR count). The van der Waals surface area contributed by atoms with Crippen LogP contribution in [0.25, 0.3) is 21.8 Å². The molecule has 0 fully saturated rings. The molecule has 0 atom stereocenters. The van der Waals surface area contributed by atoms with E-state index in [1.807, 2.05) is 0 Å². The second-order valence-electron chi connectivity index (χ2n) is 5.51. The number of hydrogen-bond acceptors (Lipinski definition) is 3. The molecule has 0 saturated carbocycles. The maximum absolute atomic E-state index is 14.1. The van der Waals surface area contributed by atoms with Gasteiger partial charge in [-0.25, -0.2) is 9.37 Å². The Bertz CT molecular complexity index is 1170. The van der Waals surface area contributed by atoms with E-state index >= 15 is 0 Å². The van der Waals surface area contributed by atoms with E-state index in [2.05, 4.69) is 15.3 Å². The maximum atomic E-state index is 14.1. The van der Waals surface area contributed by atoms with Crippen molar-refractivity contribution in [2.24, 2.45) is 0 Å². The number of rotatable bonds is 2. The molecule has 5 nitrogen and oxygen atoms in total. The van der Waals surface area contributed by atoms with Crippen molar-refractivity contribution in [2.75, 3.05) is 5.32 Å². The molecule has 0 aliphatic rings. The summed E-state index contributed by atoms with van der Waals surface area (Å²) in [5.74, 6) is -0.592. The Labute approximate surface area is 141 Å². The first-order chi connectivity index (χ1) is 12.1. The van der Waals surface area contributed by atoms with Crippen molar-refractivity contribution in [1.82, 2.24) is 9.97 Å². The summed E-state index contributed by atoms with van der Waals surface area (Å²) in [6, 6.07) is 14.2. The SMILES string of the molecule is O=C(Nc1ccccn1)c1cccc2c(=O)c3cccc(F)c3[nH]c12. The number of pyridine rings is 2. The van der Waals surface area contributed by atoms with Crippen molar-refractivity contribution in [2.45, 2.75) is 0 Å². The lowest BCUT2D eigenvalue weighted by Crippen LogP contribution is -2.15. The Hall–Kier alpha value is -3.54. The number of aromatic amines is 1. The molecule has 1 amide bonds. The number of anilines is 1. The third-order valence-corrected chi connectivity index (χ3v) is 3.97. The summed E-state index contributed by atoms with van der Waals surface area (Å²) in [7, 11) is 0.